The van der Waals surface area contributed by atoms with Crippen LogP contribution in [0, 0.1) is 11.3 Å². The fraction of sp³-hybridized carbons (Fsp3) is 0.125. The molecule has 8 heteroatoms. The van der Waals surface area contributed by atoms with E-state index in [2.05, 4.69) is 26.1 Å². The zero-order valence-corrected chi connectivity index (χ0v) is 18.8. The maximum atomic E-state index is 10.0. The molecule has 0 aliphatic heterocycles. The molecular formula is C24H20ClN5OS. The number of anilines is 2. The Bertz CT molecular complexity index is 1290. The molecule has 160 valence electrons. The molecule has 0 bridgehead atoms. The van der Waals surface area contributed by atoms with Gasteiger partial charge in [-0.3, -0.25) is 4.98 Å². The molecule has 6 nitrogen and oxygen atoms in total. The van der Waals surface area contributed by atoms with Crippen LogP contribution < -0.4 is 10.0 Å². The summed E-state index contributed by atoms with van der Waals surface area (Å²) in [7, 11) is 0. The minimum absolute atomic E-state index is 0.122. The largest absolute Gasteiger partial charge is 0.394 e. The molecular weight excluding hydrogens is 442 g/mol. The lowest BCUT2D eigenvalue weighted by molar-refractivity contribution is 0.276. The first-order chi connectivity index (χ1) is 15.6. The predicted molar refractivity (Wildman–Crippen MR) is 132 cm³/mol. The molecule has 2 aromatic carbocycles. The summed E-state index contributed by atoms with van der Waals surface area (Å²) in [5.41, 5.74) is 5.21. The van der Waals surface area contributed by atoms with E-state index < -0.39 is 0 Å². The maximum absolute atomic E-state index is 10.0. The fourth-order valence-corrected chi connectivity index (χ4v) is 4.08. The number of aliphatic hydroxyl groups excluding tert-OH is 1. The van der Waals surface area contributed by atoms with Gasteiger partial charge in [-0.25, -0.2) is 4.98 Å². The highest BCUT2D eigenvalue weighted by molar-refractivity contribution is 7.99. The van der Waals surface area contributed by atoms with Crippen molar-refractivity contribution in [3.05, 3.63) is 83.3 Å². The highest BCUT2D eigenvalue weighted by Crippen LogP contribution is 2.34. The summed E-state index contributed by atoms with van der Waals surface area (Å²) in [6.45, 7) is -0.122. The van der Waals surface area contributed by atoms with Crippen LogP contribution in [0.1, 0.15) is 17.2 Å². The van der Waals surface area contributed by atoms with Crippen LogP contribution in [0.5, 0.6) is 0 Å². The maximum Gasteiger partial charge on any atom is 0.152 e. The number of nitrogens with one attached hydrogen (secondary N) is 2. The van der Waals surface area contributed by atoms with Gasteiger partial charge in [0.1, 0.15) is 6.07 Å². The summed E-state index contributed by atoms with van der Waals surface area (Å²) in [5, 5.41) is 24.3. The number of hydrogen-bond donors (Lipinski definition) is 3. The van der Waals surface area contributed by atoms with E-state index in [-0.39, 0.29) is 12.6 Å². The van der Waals surface area contributed by atoms with Crippen molar-refractivity contribution in [3.8, 4) is 17.2 Å². The molecule has 0 saturated heterocycles. The summed E-state index contributed by atoms with van der Waals surface area (Å²) >= 11 is 7.62. The SMILES string of the molecule is CSNc1cc(-c2ccc3ncc(C#N)c(NC(CO)c4ccccc4)c3c2)cnc1Cl. The number of nitriles is 1. The third kappa shape index (κ3) is 4.48. The average molecular weight is 462 g/mol. The average Bonchev–Trinajstić information content (AvgIpc) is 2.84. The number of hydrogen-bond acceptors (Lipinski definition) is 7. The van der Waals surface area contributed by atoms with E-state index in [0.717, 1.165) is 33.3 Å². The first-order valence-corrected chi connectivity index (χ1v) is 11.4. The van der Waals surface area contributed by atoms with E-state index >= 15 is 0 Å². The van der Waals surface area contributed by atoms with E-state index in [1.165, 1.54) is 11.9 Å². The van der Waals surface area contributed by atoms with Crippen molar-refractivity contribution in [1.29, 1.82) is 5.26 Å². The lowest BCUT2D eigenvalue weighted by Gasteiger charge is -2.20. The summed E-state index contributed by atoms with van der Waals surface area (Å²) in [6, 6.07) is 19.2. The second-order valence-electron chi connectivity index (χ2n) is 7.05. The monoisotopic (exact) mass is 461 g/mol. The normalized spacial score (nSPS) is 11.7. The Balaban J connectivity index is 1.82. The number of rotatable bonds is 7. The van der Waals surface area contributed by atoms with Gasteiger partial charge in [0.15, 0.2) is 5.15 Å². The van der Waals surface area contributed by atoms with Crippen molar-refractivity contribution in [1.82, 2.24) is 9.97 Å². The summed E-state index contributed by atoms with van der Waals surface area (Å²) in [6.07, 6.45) is 5.18. The van der Waals surface area contributed by atoms with Crippen LogP contribution in [-0.2, 0) is 0 Å². The molecule has 32 heavy (non-hydrogen) atoms. The smallest absolute Gasteiger partial charge is 0.152 e. The molecule has 4 rings (SSSR count). The zero-order valence-electron chi connectivity index (χ0n) is 17.2. The second-order valence-corrected chi connectivity index (χ2v) is 8.02. The molecule has 2 aromatic heterocycles. The number of pyridine rings is 2. The highest BCUT2D eigenvalue weighted by Gasteiger charge is 2.16. The van der Waals surface area contributed by atoms with Gasteiger partial charge >= 0.3 is 0 Å². The standard InChI is InChI=1S/C24H20ClN5OS/c1-32-30-21-10-17(12-28-24(21)25)16-7-8-20-19(9-16)23(18(11-26)13-27-20)29-22(14-31)15-5-3-2-4-6-15/h2-10,12-13,22,30-31H,14H2,1H3,(H,27,29). The van der Waals surface area contributed by atoms with E-state index in [0.29, 0.717) is 16.4 Å². The van der Waals surface area contributed by atoms with Gasteiger partial charge in [-0.1, -0.05) is 59.9 Å². The Labute approximate surface area is 195 Å². The van der Waals surface area contributed by atoms with Crippen molar-refractivity contribution >= 4 is 45.8 Å². The molecule has 1 unspecified atom stereocenters. The minimum atomic E-state index is -0.368. The number of nitrogens with zero attached hydrogens (tertiary/aromatic N) is 3. The van der Waals surface area contributed by atoms with Crippen molar-refractivity contribution < 1.29 is 5.11 Å². The third-order valence-corrected chi connectivity index (χ3v) is 5.80. The van der Waals surface area contributed by atoms with Crippen LogP contribution in [0.25, 0.3) is 22.0 Å². The van der Waals surface area contributed by atoms with E-state index in [1.54, 1.807) is 12.4 Å². The third-order valence-electron chi connectivity index (χ3n) is 5.08. The summed E-state index contributed by atoms with van der Waals surface area (Å²) in [4.78, 5) is 8.72. The van der Waals surface area contributed by atoms with Gasteiger partial charge in [0, 0.05) is 29.6 Å². The number of benzene rings is 2. The van der Waals surface area contributed by atoms with Gasteiger partial charge < -0.3 is 15.1 Å². The Morgan fingerprint density at radius 2 is 1.91 bits per heavy atom. The van der Waals surface area contributed by atoms with Crippen LogP contribution in [0.3, 0.4) is 0 Å². The van der Waals surface area contributed by atoms with Crippen LogP contribution in [-0.4, -0.2) is 27.9 Å². The quantitative estimate of drug-likeness (QED) is 0.241. The van der Waals surface area contributed by atoms with Gasteiger partial charge in [-0.2, -0.15) is 5.26 Å². The molecule has 0 fully saturated rings. The Morgan fingerprint density at radius 1 is 1.09 bits per heavy atom. The van der Waals surface area contributed by atoms with E-state index in [9.17, 15) is 10.4 Å². The fourth-order valence-electron chi connectivity index (χ4n) is 3.49. The lowest BCUT2D eigenvalue weighted by atomic mass is 10.0. The Hall–Kier alpha value is -3.31. The van der Waals surface area contributed by atoms with Crippen molar-refractivity contribution in [2.45, 2.75) is 6.04 Å². The molecule has 0 radical (unpaired) electrons. The zero-order chi connectivity index (χ0) is 22.5. The first-order valence-electron chi connectivity index (χ1n) is 9.84. The molecule has 1 atom stereocenters. The first kappa shape index (κ1) is 21.9. The van der Waals surface area contributed by atoms with Gasteiger partial charge in [0.25, 0.3) is 0 Å². The number of fused-ring (bicyclic) bond motifs is 1. The van der Waals surface area contributed by atoms with E-state index in [4.69, 9.17) is 11.6 Å². The van der Waals surface area contributed by atoms with Gasteiger partial charge in [0.05, 0.1) is 35.1 Å². The summed E-state index contributed by atoms with van der Waals surface area (Å²) < 4.78 is 3.13. The molecule has 2 heterocycles. The topological polar surface area (TPSA) is 93.9 Å². The molecule has 0 amide bonds. The van der Waals surface area contributed by atoms with Crippen LogP contribution in [0.4, 0.5) is 11.4 Å². The van der Waals surface area contributed by atoms with Gasteiger partial charge in [0.2, 0.25) is 0 Å². The van der Waals surface area contributed by atoms with Crippen LogP contribution >= 0.6 is 23.5 Å². The molecule has 0 spiro atoms. The minimum Gasteiger partial charge on any atom is -0.394 e. The number of aromatic nitrogens is 2. The summed E-state index contributed by atoms with van der Waals surface area (Å²) in [5.74, 6) is 0. The molecule has 0 aliphatic carbocycles. The van der Waals surface area contributed by atoms with E-state index in [1.807, 2.05) is 60.9 Å². The van der Waals surface area contributed by atoms with Gasteiger partial charge in [-0.05, 0) is 29.3 Å². The molecule has 3 N–H and O–H groups in total. The molecule has 4 aromatic rings. The van der Waals surface area contributed by atoms with Crippen molar-refractivity contribution in [2.24, 2.45) is 0 Å². The van der Waals surface area contributed by atoms with Crippen molar-refractivity contribution in [2.75, 3.05) is 22.9 Å². The van der Waals surface area contributed by atoms with Crippen molar-refractivity contribution in [3.63, 3.8) is 0 Å². The predicted octanol–water partition coefficient (Wildman–Crippen LogP) is 5.66. The second kappa shape index (κ2) is 9.88. The highest BCUT2D eigenvalue weighted by atomic mass is 35.5. The van der Waals surface area contributed by atoms with Crippen LogP contribution in [0.15, 0.2) is 67.0 Å². The Kier molecular flexibility index (Phi) is 6.76. The van der Waals surface area contributed by atoms with Gasteiger partial charge in [-0.15, -0.1) is 0 Å². The van der Waals surface area contributed by atoms with Crippen LogP contribution in [0.2, 0.25) is 5.15 Å². The molecule has 0 aliphatic rings. The number of aliphatic hydroxyl groups is 1. The lowest BCUT2D eigenvalue weighted by Crippen LogP contribution is -2.16. The Morgan fingerprint density at radius 3 is 2.62 bits per heavy atom. The molecule has 0 saturated carbocycles. The number of halogens is 1.